The number of amides is 2. The number of carbonyl (C=O) groups excluding carboxylic acids is 2. The van der Waals surface area contributed by atoms with Gasteiger partial charge in [0.05, 0.1) is 14.2 Å². The Bertz CT molecular complexity index is 711. The van der Waals surface area contributed by atoms with E-state index in [1.807, 2.05) is 6.92 Å². The lowest BCUT2D eigenvalue weighted by Gasteiger charge is -2.26. The second kappa shape index (κ2) is 10.5. The fourth-order valence-corrected chi connectivity index (χ4v) is 2.54. The van der Waals surface area contributed by atoms with Crippen molar-refractivity contribution >= 4 is 18.0 Å². The Balaban J connectivity index is 2.71. The van der Waals surface area contributed by atoms with Crippen LogP contribution in [0.3, 0.4) is 0 Å². The van der Waals surface area contributed by atoms with E-state index >= 15 is 0 Å². The number of benzene rings is 1. The number of carboxylic acid groups (broad SMARTS) is 1. The maximum Gasteiger partial charge on any atom is 0.408 e. The first kappa shape index (κ1) is 24.1. The van der Waals surface area contributed by atoms with Crippen LogP contribution in [0.25, 0.3) is 0 Å². The minimum absolute atomic E-state index is 0.245. The van der Waals surface area contributed by atoms with Crippen LogP contribution in [-0.4, -0.2) is 49.9 Å². The lowest BCUT2D eigenvalue weighted by Crippen LogP contribution is -2.48. The maximum absolute atomic E-state index is 12.2. The molecule has 0 bridgehead atoms. The molecule has 0 saturated carbocycles. The van der Waals surface area contributed by atoms with Gasteiger partial charge in [-0.2, -0.15) is 0 Å². The highest BCUT2D eigenvalue weighted by molar-refractivity contribution is 5.86. The van der Waals surface area contributed by atoms with E-state index in [0.29, 0.717) is 23.5 Å². The summed E-state index contributed by atoms with van der Waals surface area (Å²) in [5.41, 5.74) is -0.404. The average molecular weight is 410 g/mol. The van der Waals surface area contributed by atoms with Crippen LogP contribution in [0.15, 0.2) is 18.2 Å². The Kier molecular flexibility index (Phi) is 8.75. The monoisotopic (exact) mass is 410 g/mol. The number of aliphatic carboxylic acids is 1. The molecular weight excluding hydrogens is 380 g/mol. The molecule has 0 aliphatic heterocycles. The SMILES string of the molecule is CC[C@H](C)[C@H](NC(=O)CNC(=O)OC(C)(C)c1cc(OC)cc(OC)c1)C(=O)O. The van der Waals surface area contributed by atoms with Gasteiger partial charge >= 0.3 is 12.1 Å². The van der Waals surface area contributed by atoms with Crippen LogP contribution in [0.1, 0.15) is 39.7 Å². The van der Waals surface area contributed by atoms with Gasteiger partial charge in [0.1, 0.15) is 29.7 Å². The predicted molar refractivity (Wildman–Crippen MR) is 106 cm³/mol. The number of hydrogen-bond donors (Lipinski definition) is 3. The standard InChI is InChI=1S/C20H30N2O7/c1-7-12(2)17(18(24)25)22-16(23)11-21-19(26)29-20(3,4)13-8-14(27-5)10-15(9-13)28-6/h8-10,12,17H,7,11H2,1-6H3,(H,21,26)(H,22,23)(H,24,25)/t12-,17-/m0/s1. The summed E-state index contributed by atoms with van der Waals surface area (Å²) < 4.78 is 15.9. The molecule has 9 nitrogen and oxygen atoms in total. The molecule has 1 aromatic rings. The Morgan fingerprint density at radius 1 is 1.10 bits per heavy atom. The van der Waals surface area contributed by atoms with E-state index in [1.165, 1.54) is 14.2 Å². The molecule has 0 saturated heterocycles. The van der Waals surface area contributed by atoms with Crippen LogP contribution in [-0.2, 0) is 19.9 Å². The molecule has 0 aliphatic carbocycles. The average Bonchev–Trinajstić information content (AvgIpc) is 2.68. The van der Waals surface area contributed by atoms with Gasteiger partial charge in [-0.05, 0) is 31.9 Å². The molecule has 2 amide bonds. The Morgan fingerprint density at radius 2 is 1.66 bits per heavy atom. The summed E-state index contributed by atoms with van der Waals surface area (Å²) >= 11 is 0. The molecule has 3 N–H and O–H groups in total. The maximum atomic E-state index is 12.2. The molecule has 29 heavy (non-hydrogen) atoms. The van der Waals surface area contributed by atoms with E-state index in [2.05, 4.69) is 10.6 Å². The quantitative estimate of drug-likeness (QED) is 0.541. The van der Waals surface area contributed by atoms with Crippen molar-refractivity contribution in [3.8, 4) is 11.5 Å². The van der Waals surface area contributed by atoms with Crippen LogP contribution in [0.4, 0.5) is 4.79 Å². The van der Waals surface area contributed by atoms with Crippen molar-refractivity contribution in [3.05, 3.63) is 23.8 Å². The molecule has 1 rings (SSSR count). The van der Waals surface area contributed by atoms with Gasteiger partial charge in [-0.1, -0.05) is 20.3 Å². The van der Waals surface area contributed by atoms with Gasteiger partial charge in [-0.3, -0.25) is 4.79 Å². The smallest absolute Gasteiger partial charge is 0.408 e. The summed E-state index contributed by atoms with van der Waals surface area (Å²) in [6, 6.07) is 4.10. The van der Waals surface area contributed by atoms with Gasteiger partial charge in [0.15, 0.2) is 0 Å². The Labute approximate surface area is 170 Å². The summed E-state index contributed by atoms with van der Waals surface area (Å²) in [7, 11) is 3.03. The number of carbonyl (C=O) groups is 3. The zero-order chi connectivity index (χ0) is 22.2. The third-order valence-electron chi connectivity index (χ3n) is 4.58. The largest absolute Gasteiger partial charge is 0.497 e. The molecule has 162 valence electrons. The van der Waals surface area contributed by atoms with Gasteiger partial charge in [0.2, 0.25) is 5.91 Å². The van der Waals surface area contributed by atoms with E-state index in [9.17, 15) is 19.5 Å². The van der Waals surface area contributed by atoms with E-state index in [4.69, 9.17) is 14.2 Å². The molecule has 1 aromatic carbocycles. The third-order valence-corrected chi connectivity index (χ3v) is 4.58. The molecular formula is C20H30N2O7. The van der Waals surface area contributed by atoms with Crippen LogP contribution in [0, 0.1) is 5.92 Å². The topological polar surface area (TPSA) is 123 Å². The fraction of sp³-hybridized carbons (Fsp3) is 0.550. The van der Waals surface area contributed by atoms with Crippen LogP contribution in [0.5, 0.6) is 11.5 Å². The van der Waals surface area contributed by atoms with Gasteiger partial charge in [-0.15, -0.1) is 0 Å². The second-order valence-corrected chi connectivity index (χ2v) is 7.12. The number of alkyl carbamates (subject to hydrolysis) is 1. The summed E-state index contributed by atoms with van der Waals surface area (Å²) in [5.74, 6) is -0.898. The minimum Gasteiger partial charge on any atom is -0.497 e. The van der Waals surface area contributed by atoms with Crippen LogP contribution in [0.2, 0.25) is 0 Å². The summed E-state index contributed by atoms with van der Waals surface area (Å²) in [4.78, 5) is 35.4. The molecule has 0 fully saturated rings. The van der Waals surface area contributed by atoms with Crippen molar-refractivity contribution in [1.82, 2.24) is 10.6 Å². The van der Waals surface area contributed by atoms with E-state index in [1.54, 1.807) is 39.0 Å². The number of carboxylic acids is 1. The lowest BCUT2D eigenvalue weighted by molar-refractivity contribution is -0.143. The molecule has 0 unspecified atom stereocenters. The van der Waals surface area contributed by atoms with Gasteiger partial charge in [-0.25, -0.2) is 9.59 Å². The number of nitrogens with one attached hydrogen (secondary N) is 2. The Morgan fingerprint density at radius 3 is 2.10 bits per heavy atom. The van der Waals surface area contributed by atoms with Gasteiger partial charge < -0.3 is 30.0 Å². The van der Waals surface area contributed by atoms with Gasteiger partial charge in [0, 0.05) is 11.6 Å². The number of ether oxygens (including phenoxy) is 3. The van der Waals surface area contributed by atoms with Crippen LogP contribution >= 0.6 is 0 Å². The zero-order valence-corrected chi connectivity index (χ0v) is 17.7. The number of rotatable bonds is 10. The van der Waals surface area contributed by atoms with E-state index in [-0.39, 0.29) is 5.92 Å². The van der Waals surface area contributed by atoms with Crippen molar-refractivity contribution in [2.75, 3.05) is 20.8 Å². The number of hydrogen-bond acceptors (Lipinski definition) is 6. The van der Waals surface area contributed by atoms with E-state index < -0.39 is 36.2 Å². The van der Waals surface area contributed by atoms with Gasteiger partial charge in [0.25, 0.3) is 0 Å². The first-order chi connectivity index (χ1) is 13.5. The summed E-state index contributed by atoms with van der Waals surface area (Å²) in [6.45, 7) is 6.52. The Hall–Kier alpha value is -2.97. The zero-order valence-electron chi connectivity index (χ0n) is 17.7. The summed E-state index contributed by atoms with van der Waals surface area (Å²) in [6.07, 6.45) is -0.229. The van der Waals surface area contributed by atoms with Crippen molar-refractivity contribution < 1.29 is 33.7 Å². The highest BCUT2D eigenvalue weighted by Gasteiger charge is 2.28. The van der Waals surface area contributed by atoms with Crippen LogP contribution < -0.4 is 20.1 Å². The second-order valence-electron chi connectivity index (χ2n) is 7.12. The first-order valence-electron chi connectivity index (χ1n) is 9.26. The van der Waals surface area contributed by atoms with Crippen molar-refractivity contribution in [3.63, 3.8) is 0 Å². The molecule has 2 atom stereocenters. The van der Waals surface area contributed by atoms with E-state index in [0.717, 1.165) is 0 Å². The molecule has 0 heterocycles. The molecule has 0 aliphatic rings. The predicted octanol–water partition coefficient (Wildman–Crippen LogP) is 2.28. The first-order valence-corrected chi connectivity index (χ1v) is 9.26. The highest BCUT2D eigenvalue weighted by atomic mass is 16.6. The lowest BCUT2D eigenvalue weighted by atomic mass is 9.97. The highest BCUT2D eigenvalue weighted by Crippen LogP contribution is 2.32. The molecule has 9 heteroatoms. The van der Waals surface area contributed by atoms with Crippen molar-refractivity contribution in [1.29, 1.82) is 0 Å². The van der Waals surface area contributed by atoms with Crippen molar-refractivity contribution in [2.45, 2.75) is 45.8 Å². The molecule has 0 aromatic heterocycles. The molecule has 0 spiro atoms. The summed E-state index contributed by atoms with van der Waals surface area (Å²) in [5, 5.41) is 14.0. The molecule has 0 radical (unpaired) electrons. The number of methoxy groups -OCH3 is 2. The third kappa shape index (κ3) is 7.17. The fourth-order valence-electron chi connectivity index (χ4n) is 2.54. The van der Waals surface area contributed by atoms with Crippen molar-refractivity contribution in [2.24, 2.45) is 5.92 Å². The minimum atomic E-state index is -1.12. The normalized spacial score (nSPS) is 13.0.